The first-order valence-corrected chi connectivity index (χ1v) is 8.93. The molecule has 142 valence electrons. The molecule has 9 nitrogen and oxygen atoms in total. The van der Waals surface area contributed by atoms with E-state index in [2.05, 4.69) is 25.3 Å². The molecular weight excluding hydrogens is 346 g/mol. The fourth-order valence-electron chi connectivity index (χ4n) is 2.82. The van der Waals surface area contributed by atoms with Gasteiger partial charge in [-0.3, -0.25) is 9.89 Å². The SMILES string of the molecule is CC.COCCCn1ccc2cn(-c3nc(C)nc4[nH]ncc34)nc2c1=O. The highest BCUT2D eigenvalue weighted by atomic mass is 16.5. The minimum atomic E-state index is -0.124. The molecule has 9 heteroatoms. The smallest absolute Gasteiger partial charge is 0.278 e. The van der Waals surface area contributed by atoms with Crippen molar-refractivity contribution in [2.45, 2.75) is 33.7 Å². The van der Waals surface area contributed by atoms with Crippen LogP contribution in [0, 0.1) is 6.92 Å². The number of fused-ring (bicyclic) bond motifs is 2. The molecule has 0 aromatic carbocycles. The Morgan fingerprint density at radius 1 is 1.26 bits per heavy atom. The van der Waals surface area contributed by atoms with E-state index in [1.807, 2.05) is 19.9 Å². The molecule has 4 rings (SSSR count). The van der Waals surface area contributed by atoms with Gasteiger partial charge in [0, 0.05) is 38.0 Å². The Balaban J connectivity index is 0.00000102. The van der Waals surface area contributed by atoms with Gasteiger partial charge in [0.2, 0.25) is 0 Å². The highest BCUT2D eigenvalue weighted by Gasteiger charge is 2.13. The first-order chi connectivity index (χ1) is 13.2. The number of pyridine rings is 1. The molecule has 0 saturated carbocycles. The van der Waals surface area contributed by atoms with Gasteiger partial charge in [-0.2, -0.15) is 10.2 Å². The number of aromatic amines is 1. The molecule has 0 atom stereocenters. The summed E-state index contributed by atoms with van der Waals surface area (Å²) in [5, 5.41) is 12.8. The summed E-state index contributed by atoms with van der Waals surface area (Å²) in [6.07, 6.45) is 6.00. The van der Waals surface area contributed by atoms with E-state index in [1.54, 1.807) is 41.9 Å². The number of aryl methyl sites for hydroxylation is 2. The van der Waals surface area contributed by atoms with Crippen LogP contribution in [0.25, 0.3) is 27.8 Å². The molecule has 0 bridgehead atoms. The van der Waals surface area contributed by atoms with Crippen molar-refractivity contribution in [2.24, 2.45) is 0 Å². The number of aromatic nitrogens is 7. The van der Waals surface area contributed by atoms with E-state index in [4.69, 9.17) is 4.74 Å². The second-order valence-electron chi connectivity index (χ2n) is 5.76. The molecule has 4 heterocycles. The summed E-state index contributed by atoms with van der Waals surface area (Å²) in [5.74, 6) is 1.20. The molecule has 0 aliphatic carbocycles. The molecular formula is C18H23N7O2. The molecule has 0 fully saturated rings. The van der Waals surface area contributed by atoms with Crippen molar-refractivity contribution in [1.82, 2.24) is 34.5 Å². The molecule has 0 aliphatic heterocycles. The van der Waals surface area contributed by atoms with Crippen molar-refractivity contribution in [2.75, 3.05) is 13.7 Å². The van der Waals surface area contributed by atoms with E-state index in [0.29, 0.717) is 36.0 Å². The molecule has 1 N–H and O–H groups in total. The number of hydrogen-bond acceptors (Lipinski definition) is 6. The van der Waals surface area contributed by atoms with Crippen LogP contribution in [0.1, 0.15) is 26.1 Å². The minimum absolute atomic E-state index is 0.124. The van der Waals surface area contributed by atoms with Crippen LogP contribution in [0.3, 0.4) is 0 Å². The Bertz CT molecular complexity index is 1110. The molecule has 0 spiro atoms. The molecule has 0 aliphatic rings. The molecule has 27 heavy (non-hydrogen) atoms. The zero-order chi connectivity index (χ0) is 19.4. The topological polar surface area (TPSA) is 104 Å². The van der Waals surface area contributed by atoms with Gasteiger partial charge in [-0.25, -0.2) is 14.6 Å². The Morgan fingerprint density at radius 2 is 2.07 bits per heavy atom. The maximum Gasteiger partial charge on any atom is 0.278 e. The number of hydrogen-bond donors (Lipinski definition) is 1. The third-order valence-corrected chi connectivity index (χ3v) is 4.01. The summed E-state index contributed by atoms with van der Waals surface area (Å²) in [6, 6.07) is 1.88. The minimum Gasteiger partial charge on any atom is -0.385 e. The number of nitrogens with zero attached hydrogens (tertiary/aromatic N) is 6. The van der Waals surface area contributed by atoms with Crippen LogP contribution >= 0.6 is 0 Å². The Labute approximate surface area is 156 Å². The quantitative estimate of drug-likeness (QED) is 0.541. The van der Waals surface area contributed by atoms with Gasteiger partial charge in [-0.1, -0.05) is 13.8 Å². The van der Waals surface area contributed by atoms with Gasteiger partial charge < -0.3 is 9.30 Å². The third kappa shape index (κ3) is 3.59. The fraction of sp³-hybridized carbons (Fsp3) is 0.389. The standard InChI is InChI=1S/C16H17N7O2.C2H6/c1-10-18-14-12(8-17-20-14)15(19-10)23-9-11-4-6-22(5-3-7-25-2)16(24)13(11)21-23;1-2/h4,6,8-9H,3,5,7H2,1-2H3,(H,17,18,19,20);1-2H3. The monoisotopic (exact) mass is 369 g/mol. The van der Waals surface area contributed by atoms with Crippen molar-refractivity contribution >= 4 is 21.9 Å². The average Bonchev–Trinajstić information content (AvgIpc) is 3.32. The van der Waals surface area contributed by atoms with E-state index in [9.17, 15) is 4.79 Å². The lowest BCUT2D eigenvalue weighted by atomic mass is 10.3. The predicted octanol–water partition coefficient (Wildman–Crippen LogP) is 2.22. The maximum absolute atomic E-state index is 12.6. The van der Waals surface area contributed by atoms with Crippen LogP contribution in [-0.4, -0.2) is 48.2 Å². The van der Waals surface area contributed by atoms with Gasteiger partial charge in [0.05, 0.1) is 11.6 Å². The number of ether oxygens (including phenoxy) is 1. The molecule has 0 saturated heterocycles. The Kier molecular flexibility index (Phi) is 5.60. The molecule has 4 aromatic heterocycles. The lowest BCUT2D eigenvalue weighted by Gasteiger charge is -2.04. The van der Waals surface area contributed by atoms with Gasteiger partial charge in [-0.05, 0) is 19.4 Å². The van der Waals surface area contributed by atoms with Crippen LogP contribution < -0.4 is 5.56 Å². The summed E-state index contributed by atoms with van der Waals surface area (Å²) < 4.78 is 8.30. The van der Waals surface area contributed by atoms with Crippen LogP contribution in [0.5, 0.6) is 0 Å². The fourth-order valence-corrected chi connectivity index (χ4v) is 2.82. The van der Waals surface area contributed by atoms with Crippen LogP contribution in [0.4, 0.5) is 0 Å². The van der Waals surface area contributed by atoms with Crippen LogP contribution in [0.2, 0.25) is 0 Å². The van der Waals surface area contributed by atoms with Gasteiger partial charge >= 0.3 is 0 Å². The van der Waals surface area contributed by atoms with Crippen LogP contribution in [-0.2, 0) is 11.3 Å². The normalized spacial score (nSPS) is 11.0. The summed E-state index contributed by atoms with van der Waals surface area (Å²) >= 11 is 0. The average molecular weight is 369 g/mol. The largest absolute Gasteiger partial charge is 0.385 e. The molecule has 0 unspecified atom stereocenters. The van der Waals surface area contributed by atoms with Crippen molar-refractivity contribution in [1.29, 1.82) is 0 Å². The third-order valence-electron chi connectivity index (χ3n) is 4.01. The lowest BCUT2D eigenvalue weighted by molar-refractivity contribution is 0.190. The second-order valence-corrected chi connectivity index (χ2v) is 5.76. The van der Waals surface area contributed by atoms with Crippen molar-refractivity contribution in [3.05, 3.63) is 40.8 Å². The highest BCUT2D eigenvalue weighted by Crippen LogP contribution is 2.18. The molecule has 0 radical (unpaired) electrons. The van der Waals surface area contributed by atoms with Crippen molar-refractivity contribution in [3.8, 4) is 5.82 Å². The Morgan fingerprint density at radius 3 is 2.85 bits per heavy atom. The van der Waals surface area contributed by atoms with Crippen LogP contribution in [0.15, 0.2) is 29.5 Å². The summed E-state index contributed by atoms with van der Waals surface area (Å²) in [4.78, 5) is 21.4. The number of H-pyrrole nitrogens is 1. The zero-order valence-corrected chi connectivity index (χ0v) is 15.9. The van der Waals surface area contributed by atoms with E-state index in [1.165, 1.54) is 0 Å². The molecule has 4 aromatic rings. The first kappa shape index (κ1) is 18.7. The summed E-state index contributed by atoms with van der Waals surface area (Å²) in [6.45, 7) is 7.00. The van der Waals surface area contributed by atoms with Crippen molar-refractivity contribution < 1.29 is 4.74 Å². The van der Waals surface area contributed by atoms with E-state index in [0.717, 1.165) is 17.2 Å². The number of nitrogens with one attached hydrogen (secondary N) is 1. The number of methoxy groups -OCH3 is 1. The maximum atomic E-state index is 12.6. The first-order valence-electron chi connectivity index (χ1n) is 8.93. The predicted molar refractivity (Wildman–Crippen MR) is 103 cm³/mol. The zero-order valence-electron chi connectivity index (χ0n) is 15.9. The summed E-state index contributed by atoms with van der Waals surface area (Å²) in [5.41, 5.74) is 0.924. The van der Waals surface area contributed by atoms with Crippen molar-refractivity contribution in [3.63, 3.8) is 0 Å². The summed E-state index contributed by atoms with van der Waals surface area (Å²) in [7, 11) is 1.65. The Hall–Kier alpha value is -3.07. The van der Waals surface area contributed by atoms with Gasteiger partial charge in [-0.15, -0.1) is 0 Å². The van der Waals surface area contributed by atoms with Gasteiger partial charge in [0.15, 0.2) is 17.0 Å². The number of rotatable bonds is 5. The highest BCUT2D eigenvalue weighted by molar-refractivity contribution is 5.83. The van der Waals surface area contributed by atoms with Gasteiger partial charge in [0.25, 0.3) is 5.56 Å². The van der Waals surface area contributed by atoms with E-state index >= 15 is 0 Å². The molecule has 0 amide bonds. The van der Waals surface area contributed by atoms with Gasteiger partial charge in [0.1, 0.15) is 5.82 Å². The van der Waals surface area contributed by atoms with E-state index in [-0.39, 0.29) is 5.56 Å². The lowest BCUT2D eigenvalue weighted by Crippen LogP contribution is -2.20. The second kappa shape index (κ2) is 8.09. The van der Waals surface area contributed by atoms with E-state index < -0.39 is 0 Å².